The Balaban J connectivity index is 1.42. The Labute approximate surface area is 166 Å². The summed E-state index contributed by atoms with van der Waals surface area (Å²) in [7, 11) is -3.69. The summed E-state index contributed by atoms with van der Waals surface area (Å²) >= 11 is 1.23. The molecule has 1 amide bonds. The second-order valence-corrected chi connectivity index (χ2v) is 8.28. The van der Waals surface area contributed by atoms with E-state index in [2.05, 4.69) is 25.5 Å². The van der Waals surface area contributed by atoms with Crippen LogP contribution in [0.1, 0.15) is 5.56 Å². The minimum Gasteiger partial charge on any atom is -0.355 e. The molecule has 0 unspecified atom stereocenters. The van der Waals surface area contributed by atoms with E-state index in [-0.39, 0.29) is 16.6 Å². The first kappa shape index (κ1) is 20.0. The molecule has 0 bridgehead atoms. The largest absolute Gasteiger partial charge is 0.355 e. The number of carbonyl (C=O) groups excluding carboxylic acids is 1. The number of aromatic nitrogens is 4. The third-order valence-corrected chi connectivity index (χ3v) is 5.52. The maximum atomic E-state index is 12.0. The number of amides is 1. The molecule has 0 fully saturated rings. The Bertz CT molecular complexity index is 1040. The predicted octanol–water partition coefficient (Wildman–Crippen LogP) is 0.965. The van der Waals surface area contributed by atoms with E-state index < -0.39 is 10.0 Å². The molecule has 3 rings (SSSR count). The van der Waals surface area contributed by atoms with Gasteiger partial charge in [0.15, 0.2) is 5.82 Å². The van der Waals surface area contributed by atoms with Crippen molar-refractivity contribution in [3.05, 3.63) is 54.4 Å². The molecule has 2 heterocycles. The van der Waals surface area contributed by atoms with Crippen molar-refractivity contribution in [2.24, 2.45) is 5.14 Å². The van der Waals surface area contributed by atoms with E-state index in [0.717, 1.165) is 11.1 Å². The number of nitrogens with two attached hydrogens (primary N) is 1. The zero-order valence-corrected chi connectivity index (χ0v) is 16.3. The second-order valence-electron chi connectivity index (χ2n) is 5.78. The lowest BCUT2D eigenvalue weighted by Gasteiger charge is -2.05. The third-order valence-electron chi connectivity index (χ3n) is 3.74. The highest BCUT2D eigenvalue weighted by Gasteiger charge is 2.09. The Morgan fingerprint density at radius 2 is 1.86 bits per heavy atom. The number of thioether (sulfide) groups is 1. The molecule has 0 aliphatic carbocycles. The molecule has 1 aromatic carbocycles. The van der Waals surface area contributed by atoms with Gasteiger partial charge in [0, 0.05) is 24.5 Å². The van der Waals surface area contributed by atoms with Gasteiger partial charge in [-0.15, -0.1) is 5.10 Å². The van der Waals surface area contributed by atoms with Crippen LogP contribution in [0.3, 0.4) is 0 Å². The van der Waals surface area contributed by atoms with E-state index >= 15 is 0 Å². The number of H-pyrrole nitrogens is 1. The van der Waals surface area contributed by atoms with E-state index in [1.54, 1.807) is 24.5 Å². The van der Waals surface area contributed by atoms with Crippen LogP contribution in [0.2, 0.25) is 0 Å². The molecule has 11 heteroatoms. The summed E-state index contributed by atoms with van der Waals surface area (Å²) in [5, 5.41) is 15.3. The number of pyridine rings is 1. The smallest absolute Gasteiger partial charge is 0.238 e. The Hall–Kier alpha value is -2.76. The molecule has 0 aliphatic heterocycles. The van der Waals surface area contributed by atoms with Crippen LogP contribution in [-0.4, -0.2) is 46.8 Å². The number of nitrogens with zero attached hydrogens (tertiary/aromatic N) is 3. The number of nitrogens with one attached hydrogen (secondary N) is 2. The second kappa shape index (κ2) is 8.95. The number of aromatic amines is 1. The zero-order valence-electron chi connectivity index (χ0n) is 14.7. The average Bonchev–Trinajstić information content (AvgIpc) is 3.16. The van der Waals surface area contributed by atoms with Crippen molar-refractivity contribution < 1.29 is 13.2 Å². The summed E-state index contributed by atoms with van der Waals surface area (Å²) in [5.74, 6) is 0.674. The van der Waals surface area contributed by atoms with Gasteiger partial charge >= 0.3 is 0 Å². The van der Waals surface area contributed by atoms with Crippen LogP contribution in [0.15, 0.2) is 58.8 Å². The molecule has 2 aromatic heterocycles. The highest BCUT2D eigenvalue weighted by molar-refractivity contribution is 7.99. The van der Waals surface area contributed by atoms with E-state index in [1.807, 2.05) is 12.1 Å². The van der Waals surface area contributed by atoms with Crippen LogP contribution < -0.4 is 10.5 Å². The molecule has 4 N–H and O–H groups in total. The lowest BCUT2D eigenvalue weighted by molar-refractivity contribution is -0.118. The van der Waals surface area contributed by atoms with E-state index in [4.69, 9.17) is 5.14 Å². The monoisotopic (exact) mass is 418 g/mol. The quantitative estimate of drug-likeness (QED) is 0.462. The molecule has 28 heavy (non-hydrogen) atoms. The van der Waals surface area contributed by atoms with Crippen molar-refractivity contribution in [1.29, 1.82) is 0 Å². The van der Waals surface area contributed by atoms with Crippen molar-refractivity contribution in [2.75, 3.05) is 12.3 Å². The number of primary sulfonamides is 1. The van der Waals surface area contributed by atoms with Gasteiger partial charge in [-0.1, -0.05) is 23.9 Å². The molecule has 3 aromatic rings. The molecule has 0 radical (unpaired) electrons. The van der Waals surface area contributed by atoms with Gasteiger partial charge in [0.2, 0.25) is 21.1 Å². The van der Waals surface area contributed by atoms with Gasteiger partial charge in [-0.25, -0.2) is 18.5 Å². The van der Waals surface area contributed by atoms with Gasteiger partial charge in [0.25, 0.3) is 0 Å². The Kier molecular flexibility index (Phi) is 6.39. The predicted molar refractivity (Wildman–Crippen MR) is 105 cm³/mol. The lowest BCUT2D eigenvalue weighted by atomic mass is 10.1. The fourth-order valence-electron chi connectivity index (χ4n) is 2.32. The summed E-state index contributed by atoms with van der Waals surface area (Å²) in [5.41, 5.74) is 1.77. The van der Waals surface area contributed by atoms with Crippen LogP contribution in [-0.2, 0) is 21.2 Å². The van der Waals surface area contributed by atoms with Gasteiger partial charge in [-0.2, -0.15) is 0 Å². The van der Waals surface area contributed by atoms with Crippen LogP contribution >= 0.6 is 11.8 Å². The average molecular weight is 419 g/mol. The number of hydrogen-bond donors (Lipinski definition) is 3. The van der Waals surface area contributed by atoms with Gasteiger partial charge in [0.1, 0.15) is 0 Å². The summed E-state index contributed by atoms with van der Waals surface area (Å²) in [6.07, 6.45) is 3.91. The summed E-state index contributed by atoms with van der Waals surface area (Å²) in [6.45, 7) is 0.435. The Morgan fingerprint density at radius 3 is 2.54 bits per heavy atom. The van der Waals surface area contributed by atoms with Crippen molar-refractivity contribution in [2.45, 2.75) is 16.5 Å². The molecular weight excluding hydrogens is 400 g/mol. The van der Waals surface area contributed by atoms with Crippen molar-refractivity contribution in [3.63, 3.8) is 0 Å². The first-order valence-electron chi connectivity index (χ1n) is 8.26. The molecule has 9 nitrogen and oxygen atoms in total. The number of rotatable bonds is 8. The highest BCUT2D eigenvalue weighted by Crippen LogP contribution is 2.18. The molecule has 0 spiro atoms. The van der Waals surface area contributed by atoms with Crippen molar-refractivity contribution in [3.8, 4) is 11.4 Å². The molecule has 0 saturated heterocycles. The minimum atomic E-state index is -3.69. The van der Waals surface area contributed by atoms with Crippen LogP contribution in [0, 0.1) is 0 Å². The molecule has 0 aliphatic rings. The molecule has 146 valence electrons. The first-order chi connectivity index (χ1) is 13.4. The van der Waals surface area contributed by atoms with Gasteiger partial charge in [0.05, 0.1) is 10.6 Å². The third kappa shape index (κ3) is 5.62. The number of carbonyl (C=O) groups is 1. The molecule has 0 saturated carbocycles. The maximum absolute atomic E-state index is 12.0. The minimum absolute atomic E-state index is 0.0642. The summed E-state index contributed by atoms with van der Waals surface area (Å²) < 4.78 is 22.4. The van der Waals surface area contributed by atoms with Crippen LogP contribution in [0.5, 0.6) is 0 Å². The number of sulfonamides is 1. The van der Waals surface area contributed by atoms with Gasteiger partial charge in [-0.05, 0) is 36.2 Å². The fourth-order valence-corrected chi connectivity index (χ4v) is 3.47. The molecular formula is C17H18N6O3S2. The fraction of sp³-hybridized carbons (Fsp3) is 0.176. The van der Waals surface area contributed by atoms with Crippen molar-refractivity contribution >= 4 is 27.7 Å². The zero-order chi connectivity index (χ0) is 20.0. The topological polar surface area (TPSA) is 144 Å². The standard InChI is InChI=1S/C17H18N6O3S2/c18-28(25,26)14-3-1-12(2-4-14)5-10-20-15(24)11-27-17-21-16(22-23-17)13-6-8-19-9-7-13/h1-4,6-9H,5,10-11H2,(H,20,24)(H2,18,25,26)(H,21,22,23). The van der Waals surface area contributed by atoms with Crippen molar-refractivity contribution in [1.82, 2.24) is 25.5 Å². The lowest BCUT2D eigenvalue weighted by Crippen LogP contribution is -2.27. The SMILES string of the molecule is NS(=O)(=O)c1ccc(CCNC(=O)CSc2n[nH]c(-c3ccncc3)n2)cc1. The Morgan fingerprint density at radius 1 is 1.14 bits per heavy atom. The normalized spacial score (nSPS) is 11.3. The van der Waals surface area contributed by atoms with E-state index in [9.17, 15) is 13.2 Å². The van der Waals surface area contributed by atoms with Crippen LogP contribution in [0.4, 0.5) is 0 Å². The highest BCUT2D eigenvalue weighted by atomic mass is 32.2. The number of benzene rings is 1. The molecule has 0 atom stereocenters. The van der Waals surface area contributed by atoms with E-state index in [1.165, 1.54) is 23.9 Å². The first-order valence-corrected chi connectivity index (χ1v) is 10.8. The number of hydrogen-bond acceptors (Lipinski definition) is 7. The van der Waals surface area contributed by atoms with E-state index in [0.29, 0.717) is 23.9 Å². The summed E-state index contributed by atoms with van der Waals surface area (Å²) in [6, 6.07) is 9.89. The van der Waals surface area contributed by atoms with Gasteiger partial charge in [-0.3, -0.25) is 14.9 Å². The van der Waals surface area contributed by atoms with Crippen LogP contribution in [0.25, 0.3) is 11.4 Å². The summed E-state index contributed by atoms with van der Waals surface area (Å²) in [4.78, 5) is 20.3. The van der Waals surface area contributed by atoms with Gasteiger partial charge < -0.3 is 5.32 Å². The maximum Gasteiger partial charge on any atom is 0.238 e.